The quantitative estimate of drug-likeness (QED) is 0.0234. The number of ether oxygens (including phenoxy) is 6. The molecule has 0 radical (unpaired) electrons. The van der Waals surface area contributed by atoms with Crippen LogP contribution in [0.3, 0.4) is 0 Å². The number of amides is 1. The molecule has 3 fully saturated rings. The van der Waals surface area contributed by atoms with E-state index in [9.17, 15) is 61.0 Å². The van der Waals surface area contributed by atoms with Gasteiger partial charge in [0, 0.05) is 6.42 Å². The highest BCUT2D eigenvalue weighted by molar-refractivity contribution is 5.76. The zero-order valence-electron chi connectivity index (χ0n) is 49.1. The minimum Gasteiger partial charge on any atom is -0.394 e. The van der Waals surface area contributed by atoms with Gasteiger partial charge in [0.15, 0.2) is 18.9 Å². The Morgan fingerprint density at radius 3 is 1.29 bits per heavy atom. The molecule has 3 rings (SSSR count). The van der Waals surface area contributed by atoms with Gasteiger partial charge in [-0.15, -0.1) is 0 Å². The first kappa shape index (κ1) is 72.5. The molecular weight excluding hydrogens is 1030 g/mol. The highest BCUT2D eigenvalue weighted by atomic mass is 16.8. The van der Waals surface area contributed by atoms with Crippen LogP contribution in [-0.4, -0.2) is 193 Å². The molecule has 19 heteroatoms. The first-order valence-corrected chi connectivity index (χ1v) is 31.6. The van der Waals surface area contributed by atoms with E-state index in [1.807, 2.05) is 0 Å². The largest absolute Gasteiger partial charge is 0.394 e. The topological polar surface area (TPSA) is 307 Å². The second-order valence-corrected chi connectivity index (χ2v) is 22.9. The average Bonchev–Trinajstić information content (AvgIpc) is 3.50. The van der Waals surface area contributed by atoms with Gasteiger partial charge in [0.2, 0.25) is 5.91 Å². The van der Waals surface area contributed by atoms with Crippen molar-refractivity contribution in [3.63, 3.8) is 0 Å². The van der Waals surface area contributed by atoms with E-state index in [1.165, 1.54) is 122 Å². The first-order chi connectivity index (χ1) is 38.8. The molecular formula is C61H113NO18. The standard InChI is InChI=1S/C61H113NO18/c1-3-5-7-9-11-13-15-17-19-21-22-23-24-26-28-30-32-34-36-38-45(66)44(62-49(67)39-37-35-33-31-29-27-25-20-18-16-14-12-10-8-6-4-2)43-75-59-55(73)52(70)57(47(41-64)77-59)80-61-56(74)53(71)58(48(42-65)78-61)79-60-54(72)51(69)50(68)46(40-63)76-60/h14,16,20,25,44-48,50-61,63-66,68-74H,3-13,15,17-19,21-24,26-43H2,1-2H3,(H,62,67)/b16-14-,25-20-. The molecule has 1 amide bonds. The third-order valence-corrected chi connectivity index (χ3v) is 16.0. The Morgan fingerprint density at radius 2 is 0.825 bits per heavy atom. The van der Waals surface area contributed by atoms with Gasteiger partial charge in [-0.25, -0.2) is 0 Å². The predicted molar refractivity (Wildman–Crippen MR) is 305 cm³/mol. The molecule has 0 aromatic heterocycles. The van der Waals surface area contributed by atoms with E-state index in [0.717, 1.165) is 70.6 Å². The Bertz CT molecular complexity index is 1560. The molecule has 0 saturated carbocycles. The van der Waals surface area contributed by atoms with Gasteiger partial charge in [-0.05, 0) is 44.9 Å². The summed E-state index contributed by atoms with van der Waals surface area (Å²) in [5.41, 5.74) is 0. The summed E-state index contributed by atoms with van der Waals surface area (Å²) < 4.78 is 34.3. The van der Waals surface area contributed by atoms with Crippen molar-refractivity contribution >= 4 is 5.91 Å². The van der Waals surface area contributed by atoms with Crippen LogP contribution in [0, 0.1) is 0 Å². The van der Waals surface area contributed by atoms with E-state index >= 15 is 0 Å². The number of nitrogens with one attached hydrogen (secondary N) is 1. The van der Waals surface area contributed by atoms with E-state index in [0.29, 0.717) is 12.8 Å². The molecule has 12 N–H and O–H groups in total. The normalized spacial score (nSPS) is 30.1. The maximum atomic E-state index is 13.4. The van der Waals surface area contributed by atoms with Crippen LogP contribution in [0.5, 0.6) is 0 Å². The Hall–Kier alpha value is -1.73. The van der Waals surface area contributed by atoms with E-state index in [2.05, 4.69) is 43.5 Å². The molecule has 17 unspecified atom stereocenters. The summed E-state index contributed by atoms with van der Waals surface area (Å²) in [5.74, 6) is -0.255. The number of unbranched alkanes of at least 4 members (excludes halogenated alkanes) is 27. The van der Waals surface area contributed by atoms with Crippen LogP contribution in [0.4, 0.5) is 0 Å². The first-order valence-electron chi connectivity index (χ1n) is 31.6. The second-order valence-electron chi connectivity index (χ2n) is 22.9. The van der Waals surface area contributed by atoms with Crippen molar-refractivity contribution in [3.8, 4) is 0 Å². The molecule has 3 heterocycles. The van der Waals surface area contributed by atoms with Gasteiger partial charge in [-0.1, -0.05) is 199 Å². The summed E-state index contributed by atoms with van der Waals surface area (Å²) in [6, 6.07) is -0.893. The summed E-state index contributed by atoms with van der Waals surface area (Å²) in [6.07, 6.45) is 19.7. The molecule has 3 aliphatic heterocycles. The van der Waals surface area contributed by atoms with Crippen LogP contribution in [0.2, 0.25) is 0 Å². The molecule has 80 heavy (non-hydrogen) atoms. The lowest BCUT2D eigenvalue weighted by atomic mass is 9.96. The van der Waals surface area contributed by atoms with Crippen LogP contribution in [0.25, 0.3) is 0 Å². The predicted octanol–water partition coefficient (Wildman–Crippen LogP) is 6.32. The molecule has 0 aliphatic carbocycles. The highest BCUT2D eigenvalue weighted by Crippen LogP contribution is 2.33. The third kappa shape index (κ3) is 28.0. The lowest BCUT2D eigenvalue weighted by Gasteiger charge is -2.48. The Labute approximate surface area is 479 Å². The van der Waals surface area contributed by atoms with Crippen molar-refractivity contribution in [1.82, 2.24) is 5.32 Å². The maximum Gasteiger partial charge on any atom is 0.220 e. The molecule has 17 atom stereocenters. The van der Waals surface area contributed by atoms with Crippen molar-refractivity contribution in [2.45, 2.75) is 330 Å². The Balaban J connectivity index is 1.48. The SMILES string of the molecule is CCCCCC/C=C\C/C=C\CCCCCCCC(=O)NC(COC1OC(CO)C(OC2OC(CO)C(OC3OC(CO)C(O)C(O)C3O)C(O)C2O)C(O)C1O)C(O)CCCCCCCCCCCCCCCCCCCCC. The fourth-order valence-electron chi connectivity index (χ4n) is 10.8. The summed E-state index contributed by atoms with van der Waals surface area (Å²) in [7, 11) is 0. The number of aliphatic hydroxyl groups excluding tert-OH is 11. The van der Waals surface area contributed by atoms with Crippen molar-refractivity contribution in [2.75, 3.05) is 26.4 Å². The second kappa shape index (κ2) is 44.7. The lowest BCUT2D eigenvalue weighted by molar-refractivity contribution is -0.379. The fraction of sp³-hybridized carbons (Fsp3) is 0.918. The van der Waals surface area contributed by atoms with Crippen LogP contribution >= 0.6 is 0 Å². The van der Waals surface area contributed by atoms with Gasteiger partial charge < -0.3 is 89.9 Å². The van der Waals surface area contributed by atoms with Crippen molar-refractivity contribution in [3.05, 3.63) is 24.3 Å². The fourth-order valence-corrected chi connectivity index (χ4v) is 10.8. The molecule has 0 bridgehead atoms. The van der Waals surface area contributed by atoms with Gasteiger partial charge in [0.1, 0.15) is 73.2 Å². The smallest absolute Gasteiger partial charge is 0.220 e. The molecule has 3 aliphatic rings. The van der Waals surface area contributed by atoms with E-state index in [1.54, 1.807) is 0 Å². The zero-order valence-corrected chi connectivity index (χ0v) is 49.1. The third-order valence-electron chi connectivity index (χ3n) is 16.0. The number of aliphatic hydroxyl groups is 11. The van der Waals surface area contributed by atoms with Crippen molar-refractivity contribution in [1.29, 1.82) is 0 Å². The highest BCUT2D eigenvalue weighted by Gasteiger charge is 2.53. The number of allylic oxidation sites excluding steroid dienone is 4. The number of carbonyl (C=O) groups is 1. The average molecular weight is 1150 g/mol. The van der Waals surface area contributed by atoms with E-state index in [4.69, 9.17) is 28.4 Å². The summed E-state index contributed by atoms with van der Waals surface area (Å²) in [6.45, 7) is 1.77. The van der Waals surface area contributed by atoms with Crippen LogP contribution in [-0.2, 0) is 33.2 Å². The van der Waals surface area contributed by atoms with E-state index in [-0.39, 0.29) is 18.9 Å². The molecule has 0 aromatic rings. The molecule has 0 spiro atoms. The van der Waals surface area contributed by atoms with Crippen LogP contribution < -0.4 is 5.32 Å². The number of hydrogen-bond donors (Lipinski definition) is 12. The van der Waals surface area contributed by atoms with Gasteiger partial charge in [0.25, 0.3) is 0 Å². The summed E-state index contributed by atoms with van der Waals surface area (Å²) in [4.78, 5) is 13.4. The monoisotopic (exact) mass is 1150 g/mol. The van der Waals surface area contributed by atoms with Crippen molar-refractivity contribution in [2.24, 2.45) is 0 Å². The number of carbonyl (C=O) groups excluding carboxylic acids is 1. The minimum atomic E-state index is -1.97. The van der Waals surface area contributed by atoms with E-state index < -0.39 is 124 Å². The minimum absolute atomic E-state index is 0.252. The van der Waals surface area contributed by atoms with Gasteiger partial charge in [0.05, 0.1) is 38.6 Å². The number of hydrogen-bond acceptors (Lipinski definition) is 18. The number of rotatable bonds is 47. The molecule has 470 valence electrons. The van der Waals surface area contributed by atoms with Gasteiger partial charge in [-0.3, -0.25) is 4.79 Å². The van der Waals surface area contributed by atoms with Gasteiger partial charge in [-0.2, -0.15) is 0 Å². The lowest BCUT2D eigenvalue weighted by Crippen LogP contribution is -2.66. The molecule has 0 aromatic carbocycles. The molecule has 19 nitrogen and oxygen atoms in total. The van der Waals surface area contributed by atoms with Crippen LogP contribution in [0.1, 0.15) is 226 Å². The molecule has 3 saturated heterocycles. The van der Waals surface area contributed by atoms with Crippen LogP contribution in [0.15, 0.2) is 24.3 Å². The van der Waals surface area contributed by atoms with Crippen molar-refractivity contribution < 1.29 is 89.4 Å². The Kier molecular flexibility index (Phi) is 40.5. The zero-order chi connectivity index (χ0) is 58.3. The Morgan fingerprint density at radius 1 is 0.450 bits per heavy atom. The summed E-state index contributed by atoms with van der Waals surface area (Å²) >= 11 is 0. The van der Waals surface area contributed by atoms with Gasteiger partial charge >= 0.3 is 0 Å². The maximum absolute atomic E-state index is 13.4. The summed E-state index contributed by atoms with van der Waals surface area (Å²) in [5, 5.41) is 120.